The van der Waals surface area contributed by atoms with Crippen molar-refractivity contribution >= 4 is 22.8 Å². The third-order valence-electron chi connectivity index (χ3n) is 4.16. The van der Waals surface area contributed by atoms with Crippen LogP contribution in [-0.4, -0.2) is 40.2 Å². The molecule has 1 aromatic carbocycles. The Hall–Kier alpha value is -2.08. The lowest BCUT2D eigenvalue weighted by molar-refractivity contribution is 0.0262. The highest BCUT2D eigenvalue weighted by Crippen LogP contribution is 2.30. The van der Waals surface area contributed by atoms with Crippen LogP contribution in [0.1, 0.15) is 31.6 Å². The van der Waals surface area contributed by atoms with E-state index >= 15 is 0 Å². The number of nitrogens with zero attached hydrogens (tertiary/aromatic N) is 2. The molecule has 1 saturated carbocycles. The van der Waals surface area contributed by atoms with Crippen LogP contribution in [0.2, 0.25) is 0 Å². The minimum atomic E-state index is -0.737. The van der Waals surface area contributed by atoms with Gasteiger partial charge in [0.25, 0.3) is 0 Å². The molecule has 6 heteroatoms. The van der Waals surface area contributed by atoms with Crippen LogP contribution >= 0.6 is 0 Å². The van der Waals surface area contributed by atoms with Crippen LogP contribution in [0.3, 0.4) is 0 Å². The van der Waals surface area contributed by atoms with E-state index in [0.29, 0.717) is 29.2 Å². The predicted molar refractivity (Wildman–Crippen MR) is 83.8 cm³/mol. The van der Waals surface area contributed by atoms with E-state index in [0.717, 1.165) is 25.7 Å². The number of likely N-dealkylation sites (N-methyl/N-ethyl adjacent to an activating group) is 1. The summed E-state index contributed by atoms with van der Waals surface area (Å²) < 4.78 is 5.41. The summed E-state index contributed by atoms with van der Waals surface area (Å²) in [6.45, 7) is 2.14. The number of aromatic nitrogens is 1. The van der Waals surface area contributed by atoms with E-state index in [1.807, 2.05) is 0 Å². The maximum Gasteiger partial charge on any atom is 0.321 e. The molecule has 0 unspecified atom stereocenters. The summed E-state index contributed by atoms with van der Waals surface area (Å²) in [5.74, 6) is 0.596. The lowest BCUT2D eigenvalue weighted by Gasteiger charge is -2.28. The van der Waals surface area contributed by atoms with E-state index in [9.17, 15) is 9.90 Å². The zero-order chi connectivity index (χ0) is 15.7. The zero-order valence-corrected chi connectivity index (χ0v) is 12.9. The van der Waals surface area contributed by atoms with E-state index in [4.69, 9.17) is 4.42 Å². The lowest BCUT2D eigenvalue weighted by atomic mass is 10.0. The Bertz CT molecular complexity index is 689. The van der Waals surface area contributed by atoms with E-state index in [1.54, 1.807) is 32.2 Å². The molecule has 0 atom stereocenters. The first-order chi connectivity index (χ1) is 10.5. The summed E-state index contributed by atoms with van der Waals surface area (Å²) in [6.07, 6.45) is 3.56. The standard InChI is InChI=1S/C16H21N3O3/c1-11-17-13-9-12(5-6-14(13)22-11)18-15(20)19(2)10-16(21)7-3-4-8-16/h5-6,9,21H,3-4,7-8,10H2,1-2H3,(H,18,20). The van der Waals surface area contributed by atoms with Crippen molar-refractivity contribution in [2.24, 2.45) is 0 Å². The third kappa shape index (κ3) is 3.06. The zero-order valence-electron chi connectivity index (χ0n) is 12.9. The number of aryl methyl sites for hydroxylation is 1. The van der Waals surface area contributed by atoms with E-state index in [1.165, 1.54) is 4.90 Å². The second-order valence-electron chi connectivity index (χ2n) is 6.13. The molecule has 1 aliphatic carbocycles. The molecule has 0 saturated heterocycles. The number of hydrogen-bond acceptors (Lipinski definition) is 4. The number of hydrogen-bond donors (Lipinski definition) is 2. The van der Waals surface area contributed by atoms with Crippen LogP contribution < -0.4 is 5.32 Å². The topological polar surface area (TPSA) is 78.6 Å². The van der Waals surface area contributed by atoms with Gasteiger partial charge in [-0.3, -0.25) is 0 Å². The second kappa shape index (κ2) is 5.61. The summed E-state index contributed by atoms with van der Waals surface area (Å²) >= 11 is 0. The van der Waals surface area contributed by atoms with Gasteiger partial charge in [-0.25, -0.2) is 9.78 Å². The van der Waals surface area contributed by atoms with Crippen LogP contribution in [-0.2, 0) is 0 Å². The first-order valence-corrected chi connectivity index (χ1v) is 7.57. The highest BCUT2D eigenvalue weighted by Gasteiger charge is 2.33. The Morgan fingerprint density at radius 2 is 2.18 bits per heavy atom. The number of urea groups is 1. The van der Waals surface area contributed by atoms with Crippen molar-refractivity contribution in [2.45, 2.75) is 38.2 Å². The average molecular weight is 303 g/mol. The molecule has 2 amide bonds. The largest absolute Gasteiger partial charge is 0.441 e. The van der Waals surface area contributed by atoms with E-state index < -0.39 is 5.60 Å². The van der Waals surface area contributed by atoms with Crippen molar-refractivity contribution in [3.63, 3.8) is 0 Å². The fraction of sp³-hybridized carbons (Fsp3) is 0.500. The van der Waals surface area contributed by atoms with Crippen LogP contribution in [0.15, 0.2) is 22.6 Å². The number of carbonyl (C=O) groups is 1. The van der Waals surface area contributed by atoms with Crippen LogP contribution in [0.25, 0.3) is 11.1 Å². The number of nitrogens with one attached hydrogen (secondary N) is 1. The van der Waals surface area contributed by atoms with Crippen LogP contribution in [0.5, 0.6) is 0 Å². The van der Waals surface area contributed by atoms with E-state index in [2.05, 4.69) is 10.3 Å². The van der Waals surface area contributed by atoms with Crippen molar-refractivity contribution in [3.8, 4) is 0 Å². The van der Waals surface area contributed by atoms with Gasteiger partial charge in [0.15, 0.2) is 11.5 Å². The molecule has 2 aromatic rings. The van der Waals surface area contributed by atoms with Gasteiger partial charge in [-0.1, -0.05) is 12.8 Å². The van der Waals surface area contributed by atoms with E-state index in [-0.39, 0.29) is 6.03 Å². The van der Waals surface area contributed by atoms with Gasteiger partial charge >= 0.3 is 6.03 Å². The maximum absolute atomic E-state index is 12.2. The third-order valence-corrected chi connectivity index (χ3v) is 4.16. The number of amides is 2. The van der Waals surface area contributed by atoms with Gasteiger partial charge in [-0.05, 0) is 31.0 Å². The molecule has 0 bridgehead atoms. The monoisotopic (exact) mass is 303 g/mol. The highest BCUT2D eigenvalue weighted by atomic mass is 16.3. The van der Waals surface area contributed by atoms with Crippen molar-refractivity contribution < 1.29 is 14.3 Å². The Kier molecular flexibility index (Phi) is 3.78. The Balaban J connectivity index is 1.66. The number of carbonyl (C=O) groups excluding carboxylic acids is 1. The van der Waals surface area contributed by atoms with Crippen LogP contribution in [0.4, 0.5) is 10.5 Å². The minimum absolute atomic E-state index is 0.236. The molecule has 3 rings (SSSR count). The SMILES string of the molecule is Cc1nc2cc(NC(=O)N(C)CC3(O)CCCC3)ccc2o1. The molecule has 1 fully saturated rings. The molecule has 0 radical (unpaired) electrons. The van der Waals surface area contributed by atoms with Gasteiger partial charge in [0, 0.05) is 19.7 Å². The molecule has 118 valence electrons. The smallest absolute Gasteiger partial charge is 0.321 e. The molecule has 1 aromatic heterocycles. The highest BCUT2D eigenvalue weighted by molar-refractivity contribution is 5.91. The van der Waals surface area contributed by atoms with Crippen molar-refractivity contribution in [1.29, 1.82) is 0 Å². The number of aliphatic hydroxyl groups is 1. The van der Waals surface area contributed by atoms with Crippen molar-refractivity contribution in [1.82, 2.24) is 9.88 Å². The molecule has 0 aliphatic heterocycles. The fourth-order valence-electron chi connectivity index (χ4n) is 3.04. The van der Waals surface area contributed by atoms with Crippen molar-refractivity contribution in [2.75, 3.05) is 18.9 Å². The predicted octanol–water partition coefficient (Wildman–Crippen LogP) is 2.91. The normalized spacial score (nSPS) is 16.9. The molecule has 0 spiro atoms. The first kappa shape index (κ1) is 14.8. The molecule has 22 heavy (non-hydrogen) atoms. The average Bonchev–Trinajstić information content (AvgIpc) is 3.03. The molecule has 1 heterocycles. The summed E-state index contributed by atoms with van der Waals surface area (Å²) in [6, 6.07) is 5.11. The number of anilines is 1. The van der Waals surface area contributed by atoms with Gasteiger partial charge in [0.2, 0.25) is 0 Å². The minimum Gasteiger partial charge on any atom is -0.441 e. The first-order valence-electron chi connectivity index (χ1n) is 7.57. The summed E-state index contributed by atoms with van der Waals surface area (Å²) in [4.78, 5) is 18.0. The molecule has 2 N–H and O–H groups in total. The number of rotatable bonds is 3. The fourth-order valence-corrected chi connectivity index (χ4v) is 3.04. The Morgan fingerprint density at radius 3 is 2.91 bits per heavy atom. The number of benzene rings is 1. The lowest BCUT2D eigenvalue weighted by Crippen LogP contribution is -2.43. The van der Waals surface area contributed by atoms with Crippen molar-refractivity contribution in [3.05, 3.63) is 24.1 Å². The summed E-state index contributed by atoms with van der Waals surface area (Å²) in [7, 11) is 1.70. The van der Waals surface area contributed by atoms with Gasteiger partial charge < -0.3 is 19.7 Å². The van der Waals surface area contributed by atoms with Gasteiger partial charge in [-0.2, -0.15) is 0 Å². The summed E-state index contributed by atoms with van der Waals surface area (Å²) in [5.41, 5.74) is 1.34. The molecular formula is C16H21N3O3. The molecule has 1 aliphatic rings. The number of oxazole rings is 1. The number of fused-ring (bicyclic) bond motifs is 1. The summed E-state index contributed by atoms with van der Waals surface area (Å²) in [5, 5.41) is 13.2. The Morgan fingerprint density at radius 1 is 1.45 bits per heavy atom. The van der Waals surface area contributed by atoms with Crippen LogP contribution in [0, 0.1) is 6.92 Å². The second-order valence-corrected chi connectivity index (χ2v) is 6.13. The molecule has 6 nitrogen and oxygen atoms in total. The van der Waals surface area contributed by atoms with Gasteiger partial charge in [0.1, 0.15) is 5.52 Å². The van der Waals surface area contributed by atoms with Gasteiger partial charge in [-0.15, -0.1) is 0 Å². The maximum atomic E-state index is 12.2. The quantitative estimate of drug-likeness (QED) is 0.914. The Labute approximate surface area is 129 Å². The molecular weight excluding hydrogens is 282 g/mol. The van der Waals surface area contributed by atoms with Gasteiger partial charge in [0.05, 0.1) is 12.1 Å².